The maximum absolute atomic E-state index is 12.4. The van der Waals surface area contributed by atoms with Crippen molar-refractivity contribution in [2.75, 3.05) is 7.05 Å². The summed E-state index contributed by atoms with van der Waals surface area (Å²) in [7, 11) is 2.00. The van der Waals surface area contributed by atoms with Crippen molar-refractivity contribution in [2.24, 2.45) is 0 Å². The second-order valence-corrected chi connectivity index (χ2v) is 6.97. The van der Waals surface area contributed by atoms with Gasteiger partial charge in [-0.1, -0.05) is 6.07 Å². The third kappa shape index (κ3) is 0.998. The zero-order valence-corrected chi connectivity index (χ0v) is 12.4. The Morgan fingerprint density at radius 2 is 2.18 bits per heavy atom. The van der Waals surface area contributed by atoms with Gasteiger partial charge in [-0.15, -0.1) is 0 Å². The van der Waals surface area contributed by atoms with Gasteiger partial charge in [0.15, 0.2) is 23.4 Å². The summed E-state index contributed by atoms with van der Waals surface area (Å²) in [5.41, 5.74) is -0.0671. The van der Waals surface area contributed by atoms with Gasteiger partial charge in [0.1, 0.15) is 5.60 Å². The minimum Gasteiger partial charge on any atom is -0.504 e. The lowest BCUT2D eigenvalue weighted by Gasteiger charge is -2.55. The molecule has 2 heterocycles. The van der Waals surface area contributed by atoms with E-state index >= 15 is 0 Å². The summed E-state index contributed by atoms with van der Waals surface area (Å²) in [6.07, 6.45) is 2.96. The molecule has 114 valence electrons. The zero-order valence-electron chi connectivity index (χ0n) is 12.4. The maximum Gasteiger partial charge on any atom is 0.196 e. The maximum atomic E-state index is 12.4. The summed E-state index contributed by atoms with van der Waals surface area (Å²) in [4.78, 5) is 14.6. The van der Waals surface area contributed by atoms with Crippen molar-refractivity contribution in [1.29, 1.82) is 0 Å². The number of nitrogens with zero attached hydrogens (tertiary/aromatic N) is 1. The summed E-state index contributed by atoms with van der Waals surface area (Å²) in [6.45, 7) is 1.98. The van der Waals surface area contributed by atoms with Crippen LogP contribution in [-0.2, 0) is 10.2 Å². The van der Waals surface area contributed by atoms with Gasteiger partial charge >= 0.3 is 0 Å². The fourth-order valence-electron chi connectivity index (χ4n) is 5.19. The molecule has 5 nitrogen and oxygen atoms in total. The molecule has 0 saturated carbocycles. The van der Waals surface area contributed by atoms with E-state index in [1.807, 2.05) is 20.0 Å². The van der Waals surface area contributed by atoms with Gasteiger partial charge in [-0.05, 0) is 44.2 Å². The van der Waals surface area contributed by atoms with E-state index in [2.05, 4.69) is 4.90 Å². The number of phenolic OH excluding ortho intramolecular Hbond substituents is 1. The molecule has 2 bridgehead atoms. The molecule has 5 rings (SSSR count). The van der Waals surface area contributed by atoms with E-state index in [4.69, 9.17) is 4.74 Å². The first-order valence-electron chi connectivity index (χ1n) is 7.62. The number of ketones is 1. The number of rotatable bonds is 0. The highest BCUT2D eigenvalue weighted by molar-refractivity contribution is 5.99. The van der Waals surface area contributed by atoms with Crippen LogP contribution >= 0.6 is 0 Å². The minimum atomic E-state index is -1.18. The number of piperidine rings is 1. The molecule has 1 aromatic carbocycles. The Labute approximate surface area is 127 Å². The average Bonchev–Trinajstić information content (AvgIpc) is 3.00. The Bertz CT molecular complexity index is 772. The van der Waals surface area contributed by atoms with Crippen molar-refractivity contribution >= 4 is 5.78 Å². The normalized spacial score (nSPS) is 44.1. The van der Waals surface area contributed by atoms with Crippen molar-refractivity contribution in [1.82, 2.24) is 4.90 Å². The number of phenols is 1. The van der Waals surface area contributed by atoms with Crippen molar-refractivity contribution < 1.29 is 19.7 Å². The number of likely N-dealkylation sites (N-methyl/N-ethyl adjacent to an activating group) is 1. The topological polar surface area (TPSA) is 70.0 Å². The van der Waals surface area contributed by atoms with Gasteiger partial charge < -0.3 is 14.9 Å². The Morgan fingerprint density at radius 3 is 2.95 bits per heavy atom. The Balaban J connectivity index is 1.93. The van der Waals surface area contributed by atoms with Gasteiger partial charge in [-0.25, -0.2) is 0 Å². The molecular formula is C17H17NO4. The molecule has 0 amide bonds. The summed E-state index contributed by atoms with van der Waals surface area (Å²) < 4.78 is 5.86. The van der Waals surface area contributed by atoms with Crippen LogP contribution in [0.4, 0.5) is 0 Å². The molecule has 2 N–H and O–H groups in total. The predicted octanol–water partition coefficient (Wildman–Crippen LogP) is 1.04. The number of hydrogen-bond donors (Lipinski definition) is 2. The summed E-state index contributed by atoms with van der Waals surface area (Å²) >= 11 is 0. The second kappa shape index (κ2) is 3.39. The lowest BCUT2D eigenvalue weighted by Crippen LogP contribution is -2.70. The van der Waals surface area contributed by atoms with Crippen LogP contribution in [-0.4, -0.2) is 45.7 Å². The Morgan fingerprint density at radius 1 is 1.41 bits per heavy atom. The number of aliphatic hydroxyl groups is 1. The summed E-state index contributed by atoms with van der Waals surface area (Å²) in [5, 5.41) is 21.7. The van der Waals surface area contributed by atoms with Crippen molar-refractivity contribution in [3.63, 3.8) is 0 Å². The fraction of sp³-hybridized carbons (Fsp3) is 0.471. The van der Waals surface area contributed by atoms with Crippen LogP contribution in [0.3, 0.4) is 0 Å². The van der Waals surface area contributed by atoms with Crippen molar-refractivity contribution in [3.8, 4) is 11.5 Å². The van der Waals surface area contributed by atoms with Crippen LogP contribution in [0.25, 0.3) is 0 Å². The van der Waals surface area contributed by atoms with E-state index in [9.17, 15) is 15.0 Å². The van der Waals surface area contributed by atoms with Crippen LogP contribution in [0.2, 0.25) is 0 Å². The highest BCUT2D eigenvalue weighted by atomic mass is 16.5. The number of carbonyl (C=O) groups is 1. The zero-order chi connectivity index (χ0) is 15.4. The van der Waals surface area contributed by atoms with E-state index in [1.165, 1.54) is 6.08 Å². The largest absolute Gasteiger partial charge is 0.504 e. The van der Waals surface area contributed by atoms with E-state index in [0.717, 1.165) is 11.1 Å². The molecule has 0 radical (unpaired) electrons. The van der Waals surface area contributed by atoms with E-state index in [1.54, 1.807) is 12.1 Å². The van der Waals surface area contributed by atoms with Gasteiger partial charge in [0.2, 0.25) is 0 Å². The highest BCUT2D eigenvalue weighted by Crippen LogP contribution is 2.68. The average molecular weight is 299 g/mol. The lowest BCUT2D eigenvalue weighted by atomic mass is 9.57. The van der Waals surface area contributed by atoms with Crippen molar-refractivity contribution in [3.05, 3.63) is 35.4 Å². The Kier molecular flexibility index (Phi) is 1.95. The standard InChI is InChI=1S/C17H17NO4/c1-8-17(21)6-5-12(20)15-16(17)7-10(18(8)2)9-3-4-11(19)14(22-15)13(9)16/h3-6,8,10,15,19,21H,7H2,1-2H3/t8-,10-,15+,16+,17-/m1/s1. The lowest BCUT2D eigenvalue weighted by molar-refractivity contribution is -0.150. The monoisotopic (exact) mass is 299 g/mol. The SMILES string of the molecule is C[C@H]1N(C)[C@@H]2C[C@]34c5c2ccc(O)c5O[C@H]3C(=O)C=C[C@@]14O. The highest BCUT2D eigenvalue weighted by Gasteiger charge is 2.73. The smallest absolute Gasteiger partial charge is 0.196 e. The molecular weight excluding hydrogens is 282 g/mol. The molecule has 1 fully saturated rings. The van der Waals surface area contributed by atoms with Gasteiger partial charge in [0, 0.05) is 17.6 Å². The molecule has 1 aromatic rings. The first-order valence-corrected chi connectivity index (χ1v) is 7.62. The number of aromatic hydroxyl groups is 1. The van der Waals surface area contributed by atoms with Gasteiger partial charge in [-0.3, -0.25) is 9.69 Å². The van der Waals surface area contributed by atoms with Crippen LogP contribution in [0.5, 0.6) is 11.5 Å². The number of likely N-dealkylation sites (tertiary alicyclic amines) is 1. The molecule has 2 aliphatic carbocycles. The quantitative estimate of drug-likeness (QED) is 0.749. The Hall–Kier alpha value is -1.85. The third-order valence-electron chi connectivity index (χ3n) is 6.39. The molecule has 1 spiro atoms. The van der Waals surface area contributed by atoms with Crippen LogP contribution in [0.15, 0.2) is 24.3 Å². The van der Waals surface area contributed by atoms with E-state index in [0.29, 0.717) is 12.2 Å². The first-order chi connectivity index (χ1) is 10.4. The van der Waals surface area contributed by atoms with E-state index < -0.39 is 17.1 Å². The molecule has 0 aromatic heterocycles. The van der Waals surface area contributed by atoms with Crippen LogP contribution in [0.1, 0.15) is 30.5 Å². The van der Waals surface area contributed by atoms with Crippen LogP contribution < -0.4 is 4.74 Å². The van der Waals surface area contributed by atoms with Gasteiger partial charge in [-0.2, -0.15) is 0 Å². The number of benzene rings is 1. The minimum absolute atomic E-state index is 0.0422. The molecule has 5 heteroatoms. The summed E-state index contributed by atoms with van der Waals surface area (Å²) in [6, 6.07) is 3.51. The van der Waals surface area contributed by atoms with Crippen molar-refractivity contribution in [2.45, 2.75) is 42.5 Å². The van der Waals surface area contributed by atoms with Gasteiger partial charge in [0.05, 0.1) is 5.41 Å². The molecule has 2 aliphatic heterocycles. The number of ether oxygens (including phenoxy) is 1. The summed E-state index contributed by atoms with van der Waals surface area (Å²) in [5.74, 6) is 0.284. The fourth-order valence-corrected chi connectivity index (χ4v) is 5.19. The van der Waals surface area contributed by atoms with Gasteiger partial charge in [0.25, 0.3) is 0 Å². The first kappa shape index (κ1) is 12.7. The number of fused-ring (bicyclic) bond motifs is 2. The molecule has 4 aliphatic rings. The third-order valence-corrected chi connectivity index (χ3v) is 6.39. The predicted molar refractivity (Wildman–Crippen MR) is 77.9 cm³/mol. The van der Waals surface area contributed by atoms with E-state index in [-0.39, 0.29) is 23.6 Å². The number of hydrogen-bond acceptors (Lipinski definition) is 5. The second-order valence-electron chi connectivity index (χ2n) is 6.97. The molecule has 5 atom stereocenters. The van der Waals surface area contributed by atoms with Crippen LogP contribution in [0, 0.1) is 0 Å². The number of carbonyl (C=O) groups excluding carboxylic acids is 1. The molecule has 22 heavy (non-hydrogen) atoms. The molecule has 0 unspecified atom stereocenters. The molecule has 1 saturated heterocycles.